The van der Waals surface area contributed by atoms with Gasteiger partial charge in [-0.2, -0.15) is 0 Å². The molecular formula is C16H15NOS2. The Labute approximate surface area is 128 Å². The Balaban J connectivity index is 1.61. The lowest BCUT2D eigenvalue weighted by molar-refractivity contribution is 0.317. The maximum absolute atomic E-state index is 5.88. The predicted molar refractivity (Wildman–Crippen MR) is 87.6 cm³/mol. The lowest BCUT2D eigenvalue weighted by Crippen LogP contribution is -2.14. The van der Waals surface area contributed by atoms with Crippen molar-refractivity contribution in [3.8, 4) is 5.75 Å². The molecule has 0 spiro atoms. The van der Waals surface area contributed by atoms with Crippen molar-refractivity contribution in [2.24, 2.45) is 5.73 Å². The second-order valence-corrected chi connectivity index (χ2v) is 6.54. The molecule has 1 aliphatic rings. The molecule has 0 aromatic heterocycles. The second-order valence-electron chi connectivity index (χ2n) is 4.75. The van der Waals surface area contributed by atoms with Gasteiger partial charge in [-0.3, -0.25) is 0 Å². The van der Waals surface area contributed by atoms with Gasteiger partial charge in [0.2, 0.25) is 0 Å². The van der Waals surface area contributed by atoms with E-state index in [-0.39, 0.29) is 0 Å². The number of thioether (sulfide) groups is 1. The lowest BCUT2D eigenvalue weighted by atomic mass is 10.1. The van der Waals surface area contributed by atoms with Crippen LogP contribution in [-0.4, -0.2) is 16.8 Å². The largest absolute Gasteiger partial charge is 0.492 e. The van der Waals surface area contributed by atoms with Crippen LogP contribution in [0.25, 0.3) is 0 Å². The van der Waals surface area contributed by atoms with E-state index < -0.39 is 0 Å². The molecule has 3 rings (SSSR count). The molecule has 0 saturated heterocycles. The smallest absolute Gasteiger partial charge is 0.120 e. The minimum absolute atomic E-state index is 0.401. The van der Waals surface area contributed by atoms with Gasteiger partial charge in [-0.05, 0) is 30.2 Å². The van der Waals surface area contributed by atoms with Crippen LogP contribution in [0.1, 0.15) is 11.1 Å². The van der Waals surface area contributed by atoms with Crippen LogP contribution in [0.15, 0.2) is 53.4 Å². The maximum atomic E-state index is 5.88. The Kier molecular flexibility index (Phi) is 3.94. The van der Waals surface area contributed by atoms with E-state index in [1.54, 1.807) is 0 Å². The third-order valence-electron chi connectivity index (χ3n) is 3.27. The highest BCUT2D eigenvalue weighted by molar-refractivity contribution is 8.00. The molecule has 0 saturated carbocycles. The molecule has 1 aliphatic heterocycles. The zero-order valence-corrected chi connectivity index (χ0v) is 12.5. The predicted octanol–water partition coefficient (Wildman–Crippen LogP) is 3.42. The van der Waals surface area contributed by atoms with Crippen LogP contribution in [0.5, 0.6) is 5.75 Å². The Morgan fingerprint density at radius 3 is 2.90 bits per heavy atom. The summed E-state index contributed by atoms with van der Waals surface area (Å²) in [7, 11) is 0. The summed E-state index contributed by atoms with van der Waals surface area (Å²) in [4.78, 5) is 1.77. The summed E-state index contributed by atoms with van der Waals surface area (Å²) >= 11 is 6.87. The number of hydrogen-bond acceptors (Lipinski definition) is 3. The van der Waals surface area contributed by atoms with E-state index in [0.717, 1.165) is 17.7 Å². The van der Waals surface area contributed by atoms with Crippen molar-refractivity contribution in [2.45, 2.75) is 16.6 Å². The Hall–Kier alpha value is -1.52. The molecule has 2 aromatic carbocycles. The van der Waals surface area contributed by atoms with Crippen molar-refractivity contribution in [1.29, 1.82) is 0 Å². The second kappa shape index (κ2) is 5.85. The van der Waals surface area contributed by atoms with Gasteiger partial charge in [-0.25, -0.2) is 0 Å². The van der Waals surface area contributed by atoms with E-state index in [1.165, 1.54) is 10.5 Å². The Morgan fingerprint density at radius 1 is 1.25 bits per heavy atom. The minimum Gasteiger partial charge on any atom is -0.492 e. The van der Waals surface area contributed by atoms with Gasteiger partial charge in [0.1, 0.15) is 17.3 Å². The van der Waals surface area contributed by atoms with Crippen molar-refractivity contribution in [3.63, 3.8) is 0 Å². The van der Waals surface area contributed by atoms with Crippen molar-refractivity contribution >= 4 is 29.0 Å². The summed E-state index contributed by atoms with van der Waals surface area (Å²) in [6, 6.07) is 16.2. The van der Waals surface area contributed by atoms with Crippen LogP contribution >= 0.6 is 24.0 Å². The number of hydrogen-bond donors (Lipinski definition) is 1. The first-order valence-corrected chi connectivity index (χ1v) is 7.78. The number of ether oxygens (including phenoxy) is 1. The summed E-state index contributed by atoms with van der Waals surface area (Å²) in [5, 5.41) is 0.473. The number of rotatable bonds is 4. The molecular weight excluding hydrogens is 286 g/mol. The summed E-state index contributed by atoms with van der Waals surface area (Å²) in [5.41, 5.74) is 7.90. The van der Waals surface area contributed by atoms with E-state index in [0.29, 0.717) is 16.8 Å². The Morgan fingerprint density at radius 2 is 2.10 bits per heavy atom. The average molecular weight is 301 g/mol. The molecule has 1 atom stereocenters. The molecule has 2 aromatic rings. The SMILES string of the molecule is NC(=S)c1cccc(OCC2Cc3ccccc3S2)c1. The first-order chi connectivity index (χ1) is 9.72. The molecule has 0 radical (unpaired) electrons. The fraction of sp³-hybridized carbons (Fsp3) is 0.188. The van der Waals surface area contributed by atoms with E-state index in [2.05, 4.69) is 24.3 Å². The van der Waals surface area contributed by atoms with Crippen LogP contribution in [0, 0.1) is 0 Å². The zero-order valence-electron chi connectivity index (χ0n) is 10.9. The fourth-order valence-electron chi connectivity index (χ4n) is 2.28. The highest BCUT2D eigenvalue weighted by Gasteiger charge is 2.22. The van der Waals surface area contributed by atoms with E-state index in [4.69, 9.17) is 22.7 Å². The number of benzene rings is 2. The minimum atomic E-state index is 0.401. The number of fused-ring (bicyclic) bond motifs is 1. The molecule has 102 valence electrons. The molecule has 2 N–H and O–H groups in total. The molecule has 4 heteroatoms. The van der Waals surface area contributed by atoms with Gasteiger partial charge < -0.3 is 10.5 Å². The molecule has 2 nitrogen and oxygen atoms in total. The lowest BCUT2D eigenvalue weighted by Gasteiger charge is -2.11. The molecule has 1 unspecified atom stereocenters. The van der Waals surface area contributed by atoms with Crippen LogP contribution < -0.4 is 10.5 Å². The molecule has 0 fully saturated rings. The highest BCUT2D eigenvalue weighted by atomic mass is 32.2. The third kappa shape index (κ3) is 2.97. The van der Waals surface area contributed by atoms with Crippen LogP contribution in [0.4, 0.5) is 0 Å². The third-order valence-corrected chi connectivity index (χ3v) is 4.79. The van der Waals surface area contributed by atoms with E-state index >= 15 is 0 Å². The van der Waals surface area contributed by atoms with Crippen LogP contribution in [0.2, 0.25) is 0 Å². The molecule has 0 aliphatic carbocycles. The highest BCUT2D eigenvalue weighted by Crippen LogP contribution is 2.36. The van der Waals surface area contributed by atoms with Crippen molar-refractivity contribution in [1.82, 2.24) is 0 Å². The summed E-state index contributed by atoms with van der Waals surface area (Å²) in [5.74, 6) is 0.826. The molecule has 20 heavy (non-hydrogen) atoms. The first-order valence-electron chi connectivity index (χ1n) is 6.49. The molecule has 0 amide bonds. The van der Waals surface area contributed by atoms with Crippen molar-refractivity contribution in [3.05, 3.63) is 59.7 Å². The summed E-state index contributed by atoms with van der Waals surface area (Å²) in [6.45, 7) is 0.695. The Bertz CT molecular complexity index is 617. The monoisotopic (exact) mass is 301 g/mol. The van der Waals surface area contributed by atoms with E-state index in [1.807, 2.05) is 36.0 Å². The van der Waals surface area contributed by atoms with Gasteiger partial charge in [0.05, 0.1) is 0 Å². The topological polar surface area (TPSA) is 35.2 Å². The van der Waals surface area contributed by atoms with Crippen molar-refractivity contribution < 1.29 is 4.74 Å². The van der Waals surface area contributed by atoms with Gasteiger partial charge >= 0.3 is 0 Å². The molecule has 1 heterocycles. The van der Waals surface area contributed by atoms with E-state index in [9.17, 15) is 0 Å². The quantitative estimate of drug-likeness (QED) is 0.878. The fourth-order valence-corrected chi connectivity index (χ4v) is 3.62. The summed E-state index contributed by atoms with van der Waals surface area (Å²) in [6.07, 6.45) is 1.07. The zero-order chi connectivity index (χ0) is 13.9. The number of thiocarbonyl (C=S) groups is 1. The maximum Gasteiger partial charge on any atom is 0.120 e. The van der Waals surface area contributed by atoms with Crippen LogP contribution in [-0.2, 0) is 6.42 Å². The van der Waals surface area contributed by atoms with Crippen molar-refractivity contribution in [2.75, 3.05) is 6.61 Å². The van der Waals surface area contributed by atoms with Gasteiger partial charge in [0.25, 0.3) is 0 Å². The van der Waals surface area contributed by atoms with Gasteiger partial charge in [0, 0.05) is 15.7 Å². The standard InChI is InChI=1S/C16H15NOS2/c17-16(19)12-5-3-6-13(8-12)18-10-14-9-11-4-1-2-7-15(11)20-14/h1-8,14H,9-10H2,(H2,17,19). The first kappa shape index (κ1) is 13.5. The van der Waals surface area contributed by atoms with Gasteiger partial charge in [0.15, 0.2) is 0 Å². The van der Waals surface area contributed by atoms with Crippen LogP contribution in [0.3, 0.4) is 0 Å². The average Bonchev–Trinajstić information content (AvgIpc) is 2.88. The van der Waals surface area contributed by atoms with Gasteiger partial charge in [-0.15, -0.1) is 11.8 Å². The normalized spacial score (nSPS) is 16.7. The van der Waals surface area contributed by atoms with Gasteiger partial charge in [-0.1, -0.05) is 42.5 Å². The summed E-state index contributed by atoms with van der Waals surface area (Å²) < 4.78 is 5.88. The number of nitrogens with two attached hydrogens (primary N) is 1. The molecule has 0 bridgehead atoms.